The molecule has 0 amide bonds. The van der Waals surface area contributed by atoms with E-state index in [2.05, 4.69) is 31.7 Å². The van der Waals surface area contributed by atoms with Gasteiger partial charge in [0.2, 0.25) is 0 Å². The molecule has 1 aromatic carbocycles. The number of fused-ring (bicyclic) bond motifs is 1. The molecule has 3 aromatic rings. The molecule has 0 unspecified atom stereocenters. The van der Waals surface area contributed by atoms with Crippen LogP contribution >= 0.6 is 11.8 Å². The van der Waals surface area contributed by atoms with Crippen molar-refractivity contribution < 1.29 is 4.42 Å². The summed E-state index contributed by atoms with van der Waals surface area (Å²) in [5.41, 5.74) is 1.79. The third-order valence-electron chi connectivity index (χ3n) is 4.75. The van der Waals surface area contributed by atoms with Crippen molar-refractivity contribution in [3.05, 3.63) is 30.1 Å². The van der Waals surface area contributed by atoms with Crippen LogP contribution in [-0.4, -0.2) is 39.1 Å². The predicted octanol–water partition coefficient (Wildman–Crippen LogP) is 3.14. The zero-order chi connectivity index (χ0) is 16.5. The number of benzene rings is 1. The van der Waals surface area contributed by atoms with E-state index in [9.17, 15) is 0 Å². The lowest BCUT2D eigenvalue weighted by atomic mass is 9.93. The quantitative estimate of drug-likeness (QED) is 0.678. The van der Waals surface area contributed by atoms with Crippen molar-refractivity contribution in [2.75, 3.05) is 24.2 Å². The molecular formula is C17H21N5OS. The van der Waals surface area contributed by atoms with Gasteiger partial charge in [-0.15, -0.1) is 10.2 Å². The number of hydrogen-bond acceptors (Lipinski definition) is 6. The Hall–Kier alpha value is -2.02. The highest BCUT2D eigenvalue weighted by molar-refractivity contribution is 7.98. The van der Waals surface area contributed by atoms with Crippen LogP contribution in [-0.2, 0) is 13.5 Å². The lowest BCUT2D eigenvalue weighted by Crippen LogP contribution is -2.34. The van der Waals surface area contributed by atoms with Gasteiger partial charge in [-0.3, -0.25) is 0 Å². The van der Waals surface area contributed by atoms with E-state index >= 15 is 0 Å². The van der Waals surface area contributed by atoms with E-state index in [0.717, 1.165) is 60.4 Å². The van der Waals surface area contributed by atoms with Gasteiger partial charge < -0.3 is 13.9 Å². The minimum Gasteiger partial charge on any atom is -0.423 e. The van der Waals surface area contributed by atoms with Gasteiger partial charge in [0.25, 0.3) is 6.01 Å². The molecule has 0 atom stereocenters. The average Bonchev–Trinajstić information content (AvgIpc) is 3.19. The summed E-state index contributed by atoms with van der Waals surface area (Å²) in [6.45, 7) is 1.95. The molecule has 24 heavy (non-hydrogen) atoms. The van der Waals surface area contributed by atoms with E-state index in [4.69, 9.17) is 4.42 Å². The molecule has 0 aliphatic carbocycles. The predicted molar refractivity (Wildman–Crippen MR) is 95.4 cm³/mol. The van der Waals surface area contributed by atoms with Crippen molar-refractivity contribution in [3.8, 4) is 0 Å². The van der Waals surface area contributed by atoms with E-state index in [1.165, 1.54) is 0 Å². The third-order valence-corrected chi connectivity index (χ3v) is 5.47. The van der Waals surface area contributed by atoms with Crippen LogP contribution in [0.2, 0.25) is 0 Å². The molecule has 0 spiro atoms. The number of thioether (sulfide) groups is 1. The summed E-state index contributed by atoms with van der Waals surface area (Å²) in [7, 11) is 2.05. The molecule has 0 radical (unpaired) electrons. The topological polar surface area (TPSA) is 60.0 Å². The molecule has 1 aliphatic rings. The zero-order valence-corrected chi connectivity index (χ0v) is 14.8. The van der Waals surface area contributed by atoms with E-state index in [0.29, 0.717) is 5.92 Å². The number of hydrogen-bond donors (Lipinski definition) is 0. The van der Waals surface area contributed by atoms with Crippen LogP contribution in [0.15, 0.2) is 33.8 Å². The zero-order valence-electron chi connectivity index (χ0n) is 14.0. The molecule has 6 nitrogen and oxygen atoms in total. The Labute approximate surface area is 145 Å². The highest BCUT2D eigenvalue weighted by Crippen LogP contribution is 2.27. The fraction of sp³-hybridized carbons (Fsp3) is 0.471. The van der Waals surface area contributed by atoms with Crippen LogP contribution in [0, 0.1) is 5.92 Å². The molecule has 2 aromatic heterocycles. The Balaban J connectivity index is 1.40. The van der Waals surface area contributed by atoms with Crippen molar-refractivity contribution in [2.45, 2.75) is 24.4 Å². The van der Waals surface area contributed by atoms with Gasteiger partial charge in [-0.25, -0.2) is 0 Å². The summed E-state index contributed by atoms with van der Waals surface area (Å²) < 4.78 is 7.99. The van der Waals surface area contributed by atoms with Gasteiger partial charge in [0, 0.05) is 26.6 Å². The number of nitrogens with zero attached hydrogens (tertiary/aromatic N) is 5. The van der Waals surface area contributed by atoms with Gasteiger partial charge in [0.1, 0.15) is 11.3 Å². The SMILES string of the molecule is CSc1nnc(CC2CCN(c3nc4ccccc4o3)CC2)n1C. The summed E-state index contributed by atoms with van der Waals surface area (Å²) in [6, 6.07) is 8.68. The van der Waals surface area contributed by atoms with Crippen molar-refractivity contribution in [2.24, 2.45) is 13.0 Å². The number of anilines is 1. The van der Waals surface area contributed by atoms with E-state index < -0.39 is 0 Å². The molecular weight excluding hydrogens is 322 g/mol. The van der Waals surface area contributed by atoms with Crippen molar-refractivity contribution >= 4 is 28.9 Å². The van der Waals surface area contributed by atoms with E-state index in [-0.39, 0.29) is 0 Å². The molecule has 4 rings (SSSR count). The molecule has 0 saturated carbocycles. The van der Waals surface area contributed by atoms with Gasteiger partial charge in [0.05, 0.1) is 0 Å². The molecule has 1 saturated heterocycles. The minimum absolute atomic E-state index is 0.642. The smallest absolute Gasteiger partial charge is 0.298 e. The lowest BCUT2D eigenvalue weighted by molar-refractivity contribution is 0.379. The number of para-hydroxylation sites is 2. The Bertz CT molecular complexity index is 801. The summed E-state index contributed by atoms with van der Waals surface area (Å²) in [4.78, 5) is 6.85. The highest BCUT2D eigenvalue weighted by atomic mass is 32.2. The maximum Gasteiger partial charge on any atom is 0.298 e. The van der Waals surface area contributed by atoms with Gasteiger partial charge in [0.15, 0.2) is 10.7 Å². The maximum absolute atomic E-state index is 5.88. The van der Waals surface area contributed by atoms with Crippen LogP contribution in [0.25, 0.3) is 11.1 Å². The molecule has 0 bridgehead atoms. The Morgan fingerprint density at radius 3 is 2.71 bits per heavy atom. The minimum atomic E-state index is 0.642. The molecule has 126 valence electrons. The van der Waals surface area contributed by atoms with Gasteiger partial charge >= 0.3 is 0 Å². The first-order valence-electron chi connectivity index (χ1n) is 8.27. The maximum atomic E-state index is 5.88. The first kappa shape index (κ1) is 15.5. The summed E-state index contributed by atoms with van der Waals surface area (Å²) in [6.07, 6.45) is 5.28. The number of aromatic nitrogens is 4. The second-order valence-corrected chi connectivity index (χ2v) is 7.03. The molecule has 1 aliphatic heterocycles. The molecule has 0 N–H and O–H groups in total. The summed E-state index contributed by atoms with van der Waals surface area (Å²) >= 11 is 1.64. The lowest BCUT2D eigenvalue weighted by Gasteiger charge is -2.30. The monoisotopic (exact) mass is 343 g/mol. The molecule has 7 heteroatoms. The Morgan fingerprint density at radius 1 is 1.21 bits per heavy atom. The van der Waals surface area contributed by atoms with Crippen LogP contribution in [0.3, 0.4) is 0 Å². The summed E-state index contributed by atoms with van der Waals surface area (Å²) in [5.74, 6) is 1.72. The second kappa shape index (κ2) is 6.47. The number of rotatable bonds is 4. The first-order chi connectivity index (χ1) is 11.7. The van der Waals surface area contributed by atoms with E-state index in [1.54, 1.807) is 11.8 Å². The Morgan fingerprint density at radius 2 is 2.00 bits per heavy atom. The largest absolute Gasteiger partial charge is 0.423 e. The van der Waals surface area contributed by atoms with Crippen molar-refractivity contribution in [1.82, 2.24) is 19.7 Å². The second-order valence-electron chi connectivity index (χ2n) is 6.26. The summed E-state index contributed by atoms with van der Waals surface area (Å²) in [5, 5.41) is 9.54. The third kappa shape index (κ3) is 2.88. The standard InChI is InChI=1S/C17H21N5OS/c1-21-15(19-20-17(21)24-2)11-12-7-9-22(10-8-12)16-18-13-5-3-4-6-14(13)23-16/h3-6,12H,7-11H2,1-2H3. The van der Waals surface area contributed by atoms with Gasteiger partial charge in [-0.2, -0.15) is 4.98 Å². The van der Waals surface area contributed by atoms with E-state index in [1.807, 2.05) is 30.5 Å². The number of piperidine rings is 1. The van der Waals surface area contributed by atoms with Gasteiger partial charge in [-0.05, 0) is 37.1 Å². The highest BCUT2D eigenvalue weighted by Gasteiger charge is 2.24. The fourth-order valence-electron chi connectivity index (χ4n) is 3.28. The molecule has 3 heterocycles. The molecule has 1 fully saturated rings. The fourth-order valence-corrected chi connectivity index (χ4v) is 3.78. The van der Waals surface area contributed by atoms with Crippen LogP contribution in [0.1, 0.15) is 18.7 Å². The Kier molecular flexibility index (Phi) is 4.18. The number of oxazole rings is 1. The van der Waals surface area contributed by atoms with Crippen molar-refractivity contribution in [3.63, 3.8) is 0 Å². The normalized spacial score (nSPS) is 16.2. The van der Waals surface area contributed by atoms with Crippen molar-refractivity contribution in [1.29, 1.82) is 0 Å². The first-order valence-corrected chi connectivity index (χ1v) is 9.50. The van der Waals surface area contributed by atoms with Gasteiger partial charge in [-0.1, -0.05) is 23.9 Å². The van der Waals surface area contributed by atoms with Crippen LogP contribution in [0.5, 0.6) is 0 Å². The average molecular weight is 343 g/mol. The van der Waals surface area contributed by atoms with Crippen LogP contribution < -0.4 is 4.90 Å². The van der Waals surface area contributed by atoms with Crippen LogP contribution in [0.4, 0.5) is 6.01 Å².